The Bertz CT molecular complexity index is 842. The third kappa shape index (κ3) is 3.51. The Morgan fingerprint density at radius 3 is 2.57 bits per heavy atom. The zero-order valence-corrected chi connectivity index (χ0v) is 13.0. The number of aromatic hydroxyl groups is 1. The van der Waals surface area contributed by atoms with Crippen LogP contribution in [0.15, 0.2) is 66.7 Å². The SMILES string of the molecule is CC(C(=O)NCc1cccc(O)c1)c1ccc2ccccc2c1. The number of fused-ring (bicyclic) bond motifs is 1. The van der Waals surface area contributed by atoms with E-state index in [-0.39, 0.29) is 17.6 Å². The second kappa shape index (κ2) is 6.53. The van der Waals surface area contributed by atoms with E-state index in [4.69, 9.17) is 0 Å². The van der Waals surface area contributed by atoms with Crippen molar-refractivity contribution in [2.75, 3.05) is 0 Å². The predicted molar refractivity (Wildman–Crippen MR) is 92.3 cm³/mol. The third-order valence-electron chi connectivity index (χ3n) is 4.04. The topological polar surface area (TPSA) is 49.3 Å². The predicted octanol–water partition coefficient (Wildman–Crippen LogP) is 3.97. The zero-order valence-electron chi connectivity index (χ0n) is 13.0. The van der Waals surface area contributed by atoms with Gasteiger partial charge in [-0.3, -0.25) is 4.79 Å². The van der Waals surface area contributed by atoms with Crippen LogP contribution >= 0.6 is 0 Å². The fourth-order valence-corrected chi connectivity index (χ4v) is 2.64. The van der Waals surface area contributed by atoms with E-state index in [2.05, 4.69) is 23.5 Å². The summed E-state index contributed by atoms with van der Waals surface area (Å²) in [6.07, 6.45) is 0. The van der Waals surface area contributed by atoms with Gasteiger partial charge in [-0.1, -0.05) is 54.6 Å². The molecule has 0 heterocycles. The number of hydrogen-bond acceptors (Lipinski definition) is 2. The molecule has 0 saturated heterocycles. The molecule has 0 saturated carbocycles. The maximum absolute atomic E-state index is 12.4. The average molecular weight is 305 g/mol. The number of rotatable bonds is 4. The molecule has 3 nitrogen and oxygen atoms in total. The summed E-state index contributed by atoms with van der Waals surface area (Å²) in [5.74, 6) is -0.0418. The lowest BCUT2D eigenvalue weighted by Gasteiger charge is -2.13. The number of carbonyl (C=O) groups excluding carboxylic acids is 1. The van der Waals surface area contributed by atoms with E-state index in [1.165, 1.54) is 5.39 Å². The molecule has 0 aliphatic rings. The van der Waals surface area contributed by atoms with Gasteiger partial charge in [0.15, 0.2) is 0 Å². The average Bonchev–Trinajstić information content (AvgIpc) is 2.58. The van der Waals surface area contributed by atoms with Gasteiger partial charge in [0, 0.05) is 6.54 Å². The van der Waals surface area contributed by atoms with Gasteiger partial charge in [0.05, 0.1) is 5.92 Å². The van der Waals surface area contributed by atoms with Crippen molar-refractivity contribution in [3.8, 4) is 5.75 Å². The summed E-state index contributed by atoms with van der Waals surface area (Å²) in [5, 5.41) is 14.7. The fraction of sp³-hybridized carbons (Fsp3) is 0.150. The molecule has 0 radical (unpaired) electrons. The van der Waals surface area contributed by atoms with Gasteiger partial charge in [0.25, 0.3) is 0 Å². The summed E-state index contributed by atoms with van der Waals surface area (Å²) in [6.45, 7) is 2.31. The molecule has 1 amide bonds. The van der Waals surface area contributed by atoms with E-state index < -0.39 is 0 Å². The van der Waals surface area contributed by atoms with Gasteiger partial charge in [-0.15, -0.1) is 0 Å². The first-order chi connectivity index (χ1) is 11.1. The van der Waals surface area contributed by atoms with Crippen LogP contribution in [0.5, 0.6) is 5.75 Å². The van der Waals surface area contributed by atoms with E-state index in [0.717, 1.165) is 16.5 Å². The van der Waals surface area contributed by atoms with Crippen LogP contribution in [0.2, 0.25) is 0 Å². The number of benzene rings is 3. The molecule has 3 aromatic rings. The van der Waals surface area contributed by atoms with Crippen molar-refractivity contribution in [1.82, 2.24) is 5.32 Å². The van der Waals surface area contributed by atoms with Crippen molar-refractivity contribution in [3.05, 3.63) is 77.9 Å². The lowest BCUT2D eigenvalue weighted by atomic mass is 9.97. The summed E-state index contributed by atoms with van der Waals surface area (Å²) in [7, 11) is 0. The highest BCUT2D eigenvalue weighted by atomic mass is 16.3. The number of carbonyl (C=O) groups is 1. The molecule has 2 N–H and O–H groups in total. The molecule has 1 atom stereocenters. The second-order valence-electron chi connectivity index (χ2n) is 5.72. The van der Waals surface area contributed by atoms with Crippen LogP contribution in [0.25, 0.3) is 10.8 Å². The van der Waals surface area contributed by atoms with Gasteiger partial charge in [0.2, 0.25) is 5.91 Å². The molecule has 116 valence electrons. The van der Waals surface area contributed by atoms with Crippen LogP contribution in [0, 0.1) is 0 Å². The number of hydrogen-bond donors (Lipinski definition) is 2. The summed E-state index contributed by atoms with van der Waals surface area (Å²) in [4.78, 5) is 12.4. The molecule has 1 unspecified atom stereocenters. The highest BCUT2D eigenvalue weighted by molar-refractivity contribution is 5.87. The van der Waals surface area contributed by atoms with E-state index >= 15 is 0 Å². The van der Waals surface area contributed by atoms with Gasteiger partial charge in [-0.25, -0.2) is 0 Å². The molecule has 0 bridgehead atoms. The van der Waals surface area contributed by atoms with Crippen molar-refractivity contribution in [3.63, 3.8) is 0 Å². The number of amides is 1. The van der Waals surface area contributed by atoms with Crippen LogP contribution in [0.1, 0.15) is 24.0 Å². The van der Waals surface area contributed by atoms with Crippen molar-refractivity contribution in [1.29, 1.82) is 0 Å². The van der Waals surface area contributed by atoms with Crippen molar-refractivity contribution < 1.29 is 9.90 Å². The highest BCUT2D eigenvalue weighted by Gasteiger charge is 2.15. The summed E-state index contributed by atoms with van der Waals surface area (Å²) >= 11 is 0. The van der Waals surface area contributed by atoms with Crippen LogP contribution in [-0.2, 0) is 11.3 Å². The number of nitrogens with one attached hydrogen (secondary N) is 1. The summed E-state index contributed by atoms with van der Waals surface area (Å²) < 4.78 is 0. The quantitative estimate of drug-likeness (QED) is 0.766. The molecule has 0 aromatic heterocycles. The first-order valence-electron chi connectivity index (χ1n) is 7.68. The molecule has 0 aliphatic heterocycles. The minimum absolute atomic E-state index is 0.0244. The minimum Gasteiger partial charge on any atom is -0.508 e. The van der Waals surface area contributed by atoms with Gasteiger partial charge in [-0.2, -0.15) is 0 Å². The lowest BCUT2D eigenvalue weighted by Crippen LogP contribution is -2.27. The van der Waals surface area contributed by atoms with Crippen LogP contribution in [0.3, 0.4) is 0 Å². The molecule has 3 heteroatoms. The number of phenolic OH excluding ortho intramolecular Hbond substituents is 1. The first kappa shape index (κ1) is 15.1. The highest BCUT2D eigenvalue weighted by Crippen LogP contribution is 2.22. The molecule has 3 rings (SSSR count). The minimum atomic E-state index is -0.225. The Kier molecular flexibility index (Phi) is 4.29. The van der Waals surface area contributed by atoms with Crippen LogP contribution < -0.4 is 5.32 Å². The van der Waals surface area contributed by atoms with E-state index in [1.54, 1.807) is 18.2 Å². The van der Waals surface area contributed by atoms with Crippen LogP contribution in [-0.4, -0.2) is 11.0 Å². The van der Waals surface area contributed by atoms with E-state index in [1.807, 2.05) is 37.3 Å². The zero-order chi connectivity index (χ0) is 16.2. The molecular formula is C20H19NO2. The summed E-state index contributed by atoms with van der Waals surface area (Å²) in [6, 6.07) is 21.1. The molecule has 0 aliphatic carbocycles. The van der Waals surface area contributed by atoms with Gasteiger partial charge in [-0.05, 0) is 41.0 Å². The largest absolute Gasteiger partial charge is 0.508 e. The molecular weight excluding hydrogens is 286 g/mol. The van der Waals surface area contributed by atoms with Gasteiger partial charge < -0.3 is 10.4 Å². The summed E-state index contributed by atoms with van der Waals surface area (Å²) in [5.41, 5.74) is 1.88. The maximum atomic E-state index is 12.4. The van der Waals surface area contributed by atoms with Crippen molar-refractivity contribution in [2.45, 2.75) is 19.4 Å². The molecule has 23 heavy (non-hydrogen) atoms. The molecule has 0 spiro atoms. The lowest BCUT2D eigenvalue weighted by molar-refractivity contribution is -0.122. The van der Waals surface area contributed by atoms with E-state index in [0.29, 0.717) is 6.54 Å². The fourth-order valence-electron chi connectivity index (χ4n) is 2.64. The normalized spacial score (nSPS) is 12.0. The van der Waals surface area contributed by atoms with E-state index in [9.17, 15) is 9.90 Å². The monoisotopic (exact) mass is 305 g/mol. The van der Waals surface area contributed by atoms with Crippen molar-refractivity contribution >= 4 is 16.7 Å². The Morgan fingerprint density at radius 1 is 1.00 bits per heavy atom. The smallest absolute Gasteiger partial charge is 0.227 e. The molecule has 0 fully saturated rings. The Labute approximate surface area is 135 Å². The Balaban J connectivity index is 1.70. The van der Waals surface area contributed by atoms with Crippen molar-refractivity contribution in [2.24, 2.45) is 0 Å². The third-order valence-corrected chi connectivity index (χ3v) is 4.04. The molecule has 3 aromatic carbocycles. The van der Waals surface area contributed by atoms with Crippen LogP contribution in [0.4, 0.5) is 0 Å². The standard InChI is InChI=1S/C20H19NO2/c1-14(17-10-9-16-6-2-3-7-18(16)12-17)20(23)21-13-15-5-4-8-19(22)11-15/h2-12,14,22H,13H2,1H3,(H,21,23). The number of phenols is 1. The maximum Gasteiger partial charge on any atom is 0.227 e. The Hall–Kier alpha value is -2.81. The second-order valence-corrected chi connectivity index (χ2v) is 5.72. The first-order valence-corrected chi connectivity index (χ1v) is 7.68. The van der Waals surface area contributed by atoms with Gasteiger partial charge >= 0.3 is 0 Å². The Morgan fingerprint density at radius 2 is 1.78 bits per heavy atom. The van der Waals surface area contributed by atoms with Gasteiger partial charge in [0.1, 0.15) is 5.75 Å².